The molecule has 3 aromatic rings. The summed E-state index contributed by atoms with van der Waals surface area (Å²) in [6, 6.07) is 4.85. The van der Waals surface area contributed by atoms with E-state index in [2.05, 4.69) is 20.7 Å². The van der Waals surface area contributed by atoms with Crippen molar-refractivity contribution in [3.63, 3.8) is 0 Å². The highest BCUT2D eigenvalue weighted by atomic mass is 35.5. The minimum atomic E-state index is -2.95. The van der Waals surface area contributed by atoms with Crippen LogP contribution in [0.25, 0.3) is 0 Å². The lowest BCUT2D eigenvalue weighted by Crippen LogP contribution is -2.51. The molecule has 8 nitrogen and oxygen atoms in total. The van der Waals surface area contributed by atoms with Gasteiger partial charge in [-0.05, 0) is 24.3 Å². The molecule has 0 unspecified atom stereocenters. The lowest BCUT2D eigenvalue weighted by molar-refractivity contribution is -0.139. The van der Waals surface area contributed by atoms with Gasteiger partial charge in [0, 0.05) is 49.2 Å². The van der Waals surface area contributed by atoms with Crippen LogP contribution < -0.4 is 5.32 Å². The summed E-state index contributed by atoms with van der Waals surface area (Å²) in [6.45, 7) is 0. The molecule has 12 heteroatoms. The molecular formula is C21H17ClF3N5O3. The van der Waals surface area contributed by atoms with Crippen LogP contribution >= 0.6 is 11.6 Å². The predicted octanol–water partition coefficient (Wildman–Crippen LogP) is 3.70. The number of carbonyl (C=O) groups is 3. The number of hydrogen-bond acceptors (Lipinski definition) is 5. The number of benzene rings is 1. The van der Waals surface area contributed by atoms with Gasteiger partial charge < -0.3 is 9.88 Å². The summed E-state index contributed by atoms with van der Waals surface area (Å²) >= 11 is 5.71. The average Bonchev–Trinajstić information content (AvgIpc) is 3.38. The monoisotopic (exact) mass is 479 g/mol. The maximum Gasteiger partial charge on any atom is 0.272 e. The highest BCUT2D eigenvalue weighted by Gasteiger charge is 2.59. The minimum Gasteiger partial charge on any atom is -0.346 e. The lowest BCUT2D eigenvalue weighted by atomic mass is 9.61. The number of anilines is 1. The number of nitrogens with one attached hydrogen (secondary N) is 2. The van der Waals surface area contributed by atoms with Crippen molar-refractivity contribution >= 4 is 34.8 Å². The van der Waals surface area contributed by atoms with E-state index in [0.29, 0.717) is 0 Å². The molecule has 0 aliphatic heterocycles. The highest BCUT2D eigenvalue weighted by molar-refractivity contribution is 6.44. The van der Waals surface area contributed by atoms with E-state index in [-0.39, 0.29) is 27.7 Å². The number of halogens is 4. The van der Waals surface area contributed by atoms with Gasteiger partial charge in [0.05, 0.1) is 16.9 Å². The van der Waals surface area contributed by atoms with Gasteiger partial charge in [-0.25, -0.2) is 13.2 Å². The molecule has 0 radical (unpaired) electrons. The smallest absolute Gasteiger partial charge is 0.272 e. The largest absolute Gasteiger partial charge is 0.346 e. The van der Waals surface area contributed by atoms with Crippen LogP contribution in [0, 0.1) is 5.82 Å². The maximum absolute atomic E-state index is 13.6. The molecule has 1 aliphatic carbocycles. The molecule has 1 amide bonds. The third kappa shape index (κ3) is 4.40. The number of H-pyrrole nitrogens is 1. The van der Waals surface area contributed by atoms with Crippen LogP contribution in [0.5, 0.6) is 0 Å². The van der Waals surface area contributed by atoms with Crippen molar-refractivity contribution in [2.24, 2.45) is 7.05 Å². The molecule has 1 aliphatic rings. The second-order valence-electron chi connectivity index (χ2n) is 8.08. The fourth-order valence-corrected chi connectivity index (χ4v) is 4.20. The number of rotatable bonds is 7. The van der Waals surface area contributed by atoms with E-state index >= 15 is 0 Å². The lowest BCUT2D eigenvalue weighted by Gasteiger charge is -2.45. The average molecular weight is 480 g/mol. The Balaban J connectivity index is 1.50. The molecule has 0 saturated heterocycles. The third-order valence-electron chi connectivity index (χ3n) is 5.58. The first-order valence-corrected chi connectivity index (χ1v) is 10.1. The van der Waals surface area contributed by atoms with E-state index < -0.39 is 53.9 Å². The molecule has 0 atom stereocenters. The number of amides is 1. The molecule has 2 N–H and O–H groups in total. The van der Waals surface area contributed by atoms with Gasteiger partial charge in [-0.15, -0.1) is 0 Å². The summed E-state index contributed by atoms with van der Waals surface area (Å²) in [7, 11) is 1.50. The zero-order valence-corrected chi connectivity index (χ0v) is 17.9. The van der Waals surface area contributed by atoms with Gasteiger partial charge in [-0.2, -0.15) is 15.4 Å². The van der Waals surface area contributed by atoms with E-state index in [1.807, 2.05) is 0 Å². The summed E-state index contributed by atoms with van der Waals surface area (Å²) in [5.41, 5.74) is -0.864. The second-order valence-corrected chi connectivity index (χ2v) is 8.49. The molecule has 2 aromatic heterocycles. The maximum atomic E-state index is 13.6. The van der Waals surface area contributed by atoms with Crippen molar-refractivity contribution in [1.29, 1.82) is 0 Å². The molecule has 1 aromatic carbocycles. The summed E-state index contributed by atoms with van der Waals surface area (Å²) in [6.07, 6.45) is 0.867. The third-order valence-corrected chi connectivity index (χ3v) is 5.87. The number of alkyl halides is 2. The Kier molecular flexibility index (Phi) is 5.61. The van der Waals surface area contributed by atoms with Crippen molar-refractivity contribution in [1.82, 2.24) is 20.0 Å². The topological polar surface area (TPSA) is 110 Å². The fraction of sp³-hybridized carbons (Fsp3) is 0.286. The van der Waals surface area contributed by atoms with E-state index in [4.69, 9.17) is 11.6 Å². The quantitative estimate of drug-likeness (QED) is 0.396. The van der Waals surface area contributed by atoms with Crippen LogP contribution in [0.4, 0.5) is 18.9 Å². The first-order chi connectivity index (χ1) is 15.5. The van der Waals surface area contributed by atoms with Gasteiger partial charge in [0.1, 0.15) is 11.5 Å². The Bertz CT molecular complexity index is 1250. The SMILES string of the molecule is Cn1cc(C(=O)C(=O)CC2(c3cn[nH]n3)CC(F)(F)C2)cc1C(=O)Nc1ccc(F)c(Cl)c1. The predicted molar refractivity (Wildman–Crippen MR) is 111 cm³/mol. The zero-order valence-electron chi connectivity index (χ0n) is 17.2. The van der Waals surface area contributed by atoms with Crippen LogP contribution in [-0.2, 0) is 17.3 Å². The zero-order chi connectivity index (χ0) is 24.0. The van der Waals surface area contributed by atoms with Crippen LogP contribution in [-0.4, -0.2) is 43.4 Å². The first-order valence-electron chi connectivity index (χ1n) is 9.74. The Morgan fingerprint density at radius 3 is 2.58 bits per heavy atom. The van der Waals surface area contributed by atoms with Crippen molar-refractivity contribution < 1.29 is 27.6 Å². The molecule has 2 heterocycles. The van der Waals surface area contributed by atoms with E-state index in [0.717, 1.165) is 6.07 Å². The van der Waals surface area contributed by atoms with Gasteiger partial charge >= 0.3 is 0 Å². The van der Waals surface area contributed by atoms with E-state index in [9.17, 15) is 27.6 Å². The Hall–Kier alpha value is -3.47. The van der Waals surface area contributed by atoms with Crippen molar-refractivity contribution in [2.75, 3.05) is 5.32 Å². The number of ketones is 2. The summed E-state index contributed by atoms with van der Waals surface area (Å²) < 4.78 is 41.9. The van der Waals surface area contributed by atoms with Crippen LogP contribution in [0.3, 0.4) is 0 Å². The summed E-state index contributed by atoms with van der Waals surface area (Å²) in [5.74, 6) is -6.01. The number of aromatic amines is 1. The second kappa shape index (κ2) is 8.14. The molecule has 172 valence electrons. The van der Waals surface area contributed by atoms with Crippen molar-refractivity contribution in [3.8, 4) is 0 Å². The van der Waals surface area contributed by atoms with E-state index in [1.165, 1.54) is 42.2 Å². The number of nitrogens with zero attached hydrogens (tertiary/aromatic N) is 3. The minimum absolute atomic E-state index is 0.0491. The first kappa shape index (κ1) is 22.7. The number of aromatic nitrogens is 4. The molecule has 1 fully saturated rings. The summed E-state index contributed by atoms with van der Waals surface area (Å²) in [5, 5.41) is 12.1. The molecule has 33 heavy (non-hydrogen) atoms. The Morgan fingerprint density at radius 1 is 1.24 bits per heavy atom. The molecular weight excluding hydrogens is 463 g/mol. The summed E-state index contributed by atoms with van der Waals surface area (Å²) in [4.78, 5) is 38.0. The molecule has 0 bridgehead atoms. The molecule has 1 saturated carbocycles. The standard InChI is InChI=1S/C21H17ClF3N5O3/c1-30-8-11(4-15(30)19(33)27-12-2-3-14(23)13(22)5-12)18(32)16(31)6-20(9-21(24,25)10-20)17-7-26-29-28-17/h2-5,7-8H,6,9-10H2,1H3,(H,27,33)(H,26,28,29). The Morgan fingerprint density at radius 2 is 1.97 bits per heavy atom. The number of carbonyl (C=O) groups excluding carboxylic acids is 3. The van der Waals surface area contributed by atoms with Crippen LogP contribution in [0.15, 0.2) is 36.7 Å². The van der Waals surface area contributed by atoms with Crippen LogP contribution in [0.2, 0.25) is 5.02 Å². The normalized spacial score (nSPS) is 16.2. The van der Waals surface area contributed by atoms with Crippen LogP contribution in [0.1, 0.15) is 45.8 Å². The molecule has 0 spiro atoms. The van der Waals surface area contributed by atoms with Gasteiger partial charge in [0.15, 0.2) is 0 Å². The number of aryl methyl sites for hydroxylation is 1. The van der Waals surface area contributed by atoms with Gasteiger partial charge in [-0.3, -0.25) is 14.4 Å². The van der Waals surface area contributed by atoms with Gasteiger partial charge in [0.25, 0.3) is 5.91 Å². The molecule has 4 rings (SSSR count). The van der Waals surface area contributed by atoms with E-state index in [1.54, 1.807) is 0 Å². The van der Waals surface area contributed by atoms with Crippen molar-refractivity contribution in [2.45, 2.75) is 30.6 Å². The number of Topliss-reactive ketones (excluding diaryl/α,β-unsaturated/α-hetero) is 2. The number of hydrogen-bond donors (Lipinski definition) is 2. The highest BCUT2D eigenvalue weighted by Crippen LogP contribution is 2.54. The van der Waals surface area contributed by atoms with Gasteiger partial charge in [-0.1, -0.05) is 11.6 Å². The Labute approximate surface area is 190 Å². The van der Waals surface area contributed by atoms with Gasteiger partial charge in [0.2, 0.25) is 17.5 Å². The van der Waals surface area contributed by atoms with Crippen molar-refractivity contribution in [3.05, 3.63) is 64.5 Å². The fourth-order valence-electron chi connectivity index (χ4n) is 4.02.